The zero-order valence-electron chi connectivity index (χ0n) is 18.7. The van der Waals surface area contributed by atoms with Crippen LogP contribution in [0.2, 0.25) is 0 Å². The molecule has 1 N–H and O–H groups in total. The second kappa shape index (κ2) is 10.9. The van der Waals surface area contributed by atoms with Crippen molar-refractivity contribution in [2.75, 3.05) is 11.9 Å². The molecule has 2 aromatic carbocycles. The number of nitrogens with zero attached hydrogens (tertiary/aromatic N) is 2. The van der Waals surface area contributed by atoms with Crippen LogP contribution in [-0.4, -0.2) is 17.6 Å². The van der Waals surface area contributed by atoms with Gasteiger partial charge >= 0.3 is 5.97 Å². The van der Waals surface area contributed by atoms with Gasteiger partial charge in [-0.3, -0.25) is 0 Å². The number of nitrogens with one attached hydrogen (secondary N) is 1. The number of carbonyl (C=O) groups excluding carboxylic acids is 1. The molecule has 0 amide bonds. The Hall–Kier alpha value is -3.43. The van der Waals surface area contributed by atoms with Gasteiger partial charge in [-0.25, -0.2) is 9.78 Å². The first-order valence-corrected chi connectivity index (χ1v) is 12.3. The largest absolute Gasteiger partial charge is 0.462 e. The maximum absolute atomic E-state index is 11.8. The lowest BCUT2D eigenvalue weighted by molar-refractivity contribution is 0.0526. The van der Waals surface area contributed by atoms with Crippen LogP contribution in [0.4, 0.5) is 5.69 Å². The van der Waals surface area contributed by atoms with Crippen molar-refractivity contribution >= 4 is 28.6 Å². The van der Waals surface area contributed by atoms with Gasteiger partial charge in [0.1, 0.15) is 16.6 Å². The van der Waals surface area contributed by atoms with E-state index in [0.29, 0.717) is 28.7 Å². The second-order valence-corrected chi connectivity index (χ2v) is 8.96. The molecule has 0 aliphatic heterocycles. The van der Waals surface area contributed by atoms with Gasteiger partial charge in [-0.2, -0.15) is 5.26 Å². The number of nitriles is 1. The van der Waals surface area contributed by atoms with Gasteiger partial charge in [0, 0.05) is 22.8 Å². The van der Waals surface area contributed by atoms with Crippen molar-refractivity contribution < 1.29 is 9.53 Å². The third-order valence-electron chi connectivity index (χ3n) is 5.92. The fourth-order valence-electron chi connectivity index (χ4n) is 4.11. The number of anilines is 1. The highest BCUT2D eigenvalue weighted by atomic mass is 32.1. The number of benzene rings is 2. The lowest BCUT2D eigenvalue weighted by Gasteiger charge is -2.22. The van der Waals surface area contributed by atoms with E-state index in [9.17, 15) is 10.1 Å². The van der Waals surface area contributed by atoms with Crippen LogP contribution in [0.5, 0.6) is 0 Å². The molecule has 1 saturated carbocycles. The normalized spacial score (nSPS) is 14.5. The van der Waals surface area contributed by atoms with E-state index in [1.54, 1.807) is 37.4 Å². The topological polar surface area (TPSA) is 75.0 Å². The molecular weight excluding hydrogens is 430 g/mol. The molecule has 0 radical (unpaired) electrons. The molecular formula is C27H27N3O2S. The van der Waals surface area contributed by atoms with Crippen molar-refractivity contribution in [2.24, 2.45) is 0 Å². The van der Waals surface area contributed by atoms with E-state index < -0.39 is 0 Å². The average molecular weight is 458 g/mol. The minimum Gasteiger partial charge on any atom is -0.462 e. The van der Waals surface area contributed by atoms with Crippen LogP contribution < -0.4 is 5.32 Å². The molecule has 3 aromatic rings. The van der Waals surface area contributed by atoms with Crippen molar-refractivity contribution in [1.82, 2.24) is 4.98 Å². The first-order valence-electron chi connectivity index (χ1n) is 11.4. The van der Waals surface area contributed by atoms with E-state index >= 15 is 0 Å². The highest BCUT2D eigenvalue weighted by Gasteiger charge is 2.16. The second-order valence-electron chi connectivity index (χ2n) is 8.11. The van der Waals surface area contributed by atoms with Crippen molar-refractivity contribution in [3.63, 3.8) is 0 Å². The minimum atomic E-state index is -0.348. The maximum Gasteiger partial charge on any atom is 0.338 e. The summed E-state index contributed by atoms with van der Waals surface area (Å²) < 4.78 is 5.00. The Morgan fingerprint density at radius 1 is 1.15 bits per heavy atom. The molecule has 1 heterocycles. The van der Waals surface area contributed by atoms with Gasteiger partial charge in [-0.15, -0.1) is 11.3 Å². The van der Waals surface area contributed by atoms with E-state index in [-0.39, 0.29) is 5.97 Å². The quantitative estimate of drug-likeness (QED) is 0.305. The lowest BCUT2D eigenvalue weighted by atomic mass is 9.84. The van der Waals surface area contributed by atoms with Crippen LogP contribution in [0, 0.1) is 11.3 Å². The fourth-order valence-corrected chi connectivity index (χ4v) is 4.90. The van der Waals surface area contributed by atoms with Gasteiger partial charge in [-0.1, -0.05) is 43.5 Å². The van der Waals surface area contributed by atoms with Crippen molar-refractivity contribution in [2.45, 2.75) is 44.9 Å². The van der Waals surface area contributed by atoms with Gasteiger partial charge in [-0.05, 0) is 55.5 Å². The van der Waals surface area contributed by atoms with Crippen LogP contribution in [0.15, 0.2) is 60.1 Å². The summed E-state index contributed by atoms with van der Waals surface area (Å²) >= 11 is 1.45. The fraction of sp³-hybridized carbons (Fsp3) is 0.296. The third kappa shape index (κ3) is 5.68. The number of aromatic nitrogens is 1. The molecule has 1 fully saturated rings. The Bertz CT molecular complexity index is 1150. The zero-order chi connectivity index (χ0) is 23.0. The number of hydrogen-bond donors (Lipinski definition) is 1. The van der Waals surface area contributed by atoms with E-state index in [2.05, 4.69) is 35.7 Å². The van der Waals surface area contributed by atoms with E-state index in [0.717, 1.165) is 16.9 Å². The van der Waals surface area contributed by atoms with E-state index in [1.165, 1.54) is 49.0 Å². The highest BCUT2D eigenvalue weighted by Crippen LogP contribution is 2.34. The van der Waals surface area contributed by atoms with Crippen LogP contribution in [0.25, 0.3) is 16.8 Å². The van der Waals surface area contributed by atoms with E-state index in [1.807, 2.05) is 5.38 Å². The Labute approximate surface area is 198 Å². The molecule has 168 valence electrons. The molecule has 6 heteroatoms. The Balaban J connectivity index is 1.43. The minimum absolute atomic E-state index is 0.341. The SMILES string of the molecule is CCOC(=O)c1ccc(NC=C(C#N)c2nc(-c3ccc(C4CCCCC4)cc3)cs2)cc1. The molecule has 1 aromatic heterocycles. The van der Waals surface area contributed by atoms with Crippen molar-refractivity contribution in [3.8, 4) is 17.3 Å². The maximum atomic E-state index is 11.8. The van der Waals surface area contributed by atoms with Crippen LogP contribution in [0.3, 0.4) is 0 Å². The molecule has 1 aliphatic carbocycles. The summed E-state index contributed by atoms with van der Waals surface area (Å²) in [6.07, 6.45) is 8.24. The smallest absolute Gasteiger partial charge is 0.338 e. The first kappa shape index (κ1) is 22.8. The molecule has 0 unspecified atom stereocenters. The summed E-state index contributed by atoms with van der Waals surface area (Å²) in [5.41, 5.74) is 5.09. The van der Waals surface area contributed by atoms with Gasteiger partial charge in [0.2, 0.25) is 0 Å². The number of esters is 1. The summed E-state index contributed by atoms with van der Waals surface area (Å²) in [6, 6.07) is 17.9. The summed E-state index contributed by atoms with van der Waals surface area (Å²) in [5.74, 6) is 0.337. The Morgan fingerprint density at radius 3 is 2.55 bits per heavy atom. The predicted octanol–water partition coefficient (Wildman–Crippen LogP) is 7.01. The third-order valence-corrected chi connectivity index (χ3v) is 6.79. The van der Waals surface area contributed by atoms with Crippen LogP contribution >= 0.6 is 11.3 Å². The summed E-state index contributed by atoms with van der Waals surface area (Å²) in [7, 11) is 0. The number of allylic oxidation sites excluding steroid dienone is 1. The van der Waals surface area contributed by atoms with Crippen LogP contribution in [-0.2, 0) is 4.74 Å². The molecule has 0 saturated heterocycles. The molecule has 0 atom stereocenters. The van der Waals surface area contributed by atoms with Crippen LogP contribution in [0.1, 0.15) is 65.9 Å². The summed E-state index contributed by atoms with van der Waals surface area (Å²) in [6.45, 7) is 2.12. The summed E-state index contributed by atoms with van der Waals surface area (Å²) in [4.78, 5) is 16.5. The number of rotatable bonds is 7. The number of ether oxygens (including phenoxy) is 1. The van der Waals surface area contributed by atoms with Crippen molar-refractivity contribution in [3.05, 3.63) is 76.2 Å². The summed E-state index contributed by atoms with van der Waals surface area (Å²) in [5, 5.41) is 15.4. The highest BCUT2D eigenvalue weighted by molar-refractivity contribution is 7.11. The monoisotopic (exact) mass is 457 g/mol. The Morgan fingerprint density at radius 2 is 1.88 bits per heavy atom. The standard InChI is InChI=1S/C27H27N3O2S/c1-2-32-27(31)22-12-14-24(15-13-22)29-17-23(16-28)26-30-25(18-33-26)21-10-8-20(9-11-21)19-6-4-3-5-7-19/h8-15,17-19,29H,2-7H2,1H3. The molecule has 0 spiro atoms. The van der Waals surface area contributed by atoms with Gasteiger partial charge < -0.3 is 10.1 Å². The Kier molecular flexibility index (Phi) is 7.54. The average Bonchev–Trinajstić information content (AvgIpc) is 3.36. The molecule has 4 rings (SSSR count). The van der Waals surface area contributed by atoms with Gasteiger partial charge in [0.25, 0.3) is 0 Å². The molecule has 33 heavy (non-hydrogen) atoms. The molecule has 5 nitrogen and oxygen atoms in total. The van der Waals surface area contributed by atoms with Gasteiger partial charge in [0.05, 0.1) is 17.9 Å². The number of thiazole rings is 1. The zero-order valence-corrected chi connectivity index (χ0v) is 19.5. The van der Waals surface area contributed by atoms with Crippen molar-refractivity contribution in [1.29, 1.82) is 5.26 Å². The number of hydrogen-bond acceptors (Lipinski definition) is 6. The van der Waals surface area contributed by atoms with E-state index in [4.69, 9.17) is 9.72 Å². The predicted molar refractivity (Wildman–Crippen MR) is 133 cm³/mol. The number of carbonyl (C=O) groups is 1. The molecule has 0 bridgehead atoms. The van der Waals surface area contributed by atoms with Gasteiger partial charge in [0.15, 0.2) is 0 Å². The lowest BCUT2D eigenvalue weighted by Crippen LogP contribution is -2.04. The molecule has 1 aliphatic rings. The first-order chi connectivity index (χ1) is 16.2.